The minimum Gasteiger partial charge on any atom is -0.295 e. The highest BCUT2D eigenvalue weighted by Crippen LogP contribution is 2.27. The van der Waals surface area contributed by atoms with Gasteiger partial charge in [-0.1, -0.05) is 0 Å². The number of hydroxylamine groups is 1. The van der Waals surface area contributed by atoms with E-state index in [0.717, 1.165) is 4.91 Å². The Hall–Kier alpha value is -0.720. The van der Waals surface area contributed by atoms with Crippen molar-refractivity contribution in [2.24, 2.45) is 0 Å². The predicted octanol–water partition coefficient (Wildman–Crippen LogP) is 0.395. The molecule has 6 heteroatoms. The second-order valence-corrected chi connectivity index (χ2v) is 3.67. The number of carbonyl (C=O) groups excluding carboxylic acids is 1. The predicted molar refractivity (Wildman–Crippen MR) is 43.7 cm³/mol. The van der Waals surface area contributed by atoms with Crippen LogP contribution in [0.4, 0.5) is 0 Å². The molecule has 0 aromatic carbocycles. The molecule has 2 aliphatic rings. The standard InChI is InChI=1S/C6H9N3O2S/c1-5-4-7-9(12-5)8-6(10)2-3-11-8/h4,7H,2-3H2,1H3. The zero-order chi connectivity index (χ0) is 8.55. The number of nitrogens with one attached hydrogen (secondary N) is 1. The highest BCUT2D eigenvalue weighted by molar-refractivity contribution is 8.00. The van der Waals surface area contributed by atoms with Gasteiger partial charge in [0.05, 0.1) is 13.0 Å². The zero-order valence-corrected chi connectivity index (χ0v) is 7.43. The SMILES string of the molecule is CC1=CNN(N2OCCC2=O)S1. The van der Waals surface area contributed by atoms with Gasteiger partial charge in [-0.05, 0) is 11.4 Å². The summed E-state index contributed by atoms with van der Waals surface area (Å²) >= 11 is 1.43. The molecule has 0 unspecified atom stereocenters. The number of hydrogen-bond acceptors (Lipinski definition) is 5. The number of amides is 1. The smallest absolute Gasteiger partial charge is 0.266 e. The molecule has 1 fully saturated rings. The molecular weight excluding hydrogens is 178 g/mol. The van der Waals surface area contributed by atoms with Crippen LogP contribution >= 0.6 is 11.9 Å². The lowest BCUT2D eigenvalue weighted by molar-refractivity contribution is -0.219. The molecule has 2 heterocycles. The van der Waals surface area contributed by atoms with Crippen LogP contribution in [0.2, 0.25) is 0 Å². The van der Waals surface area contributed by atoms with Gasteiger partial charge < -0.3 is 0 Å². The van der Waals surface area contributed by atoms with Crippen molar-refractivity contribution in [2.45, 2.75) is 13.3 Å². The van der Waals surface area contributed by atoms with Crippen LogP contribution in [0.25, 0.3) is 0 Å². The quantitative estimate of drug-likeness (QED) is 0.602. The van der Waals surface area contributed by atoms with Gasteiger partial charge in [0.25, 0.3) is 5.91 Å². The highest BCUT2D eigenvalue weighted by Gasteiger charge is 2.30. The Morgan fingerprint density at radius 3 is 3.08 bits per heavy atom. The third kappa shape index (κ3) is 1.28. The van der Waals surface area contributed by atoms with Crippen molar-refractivity contribution in [1.29, 1.82) is 0 Å². The van der Waals surface area contributed by atoms with Gasteiger partial charge in [-0.3, -0.25) is 15.1 Å². The number of hydrazine groups is 2. The Morgan fingerprint density at radius 2 is 2.58 bits per heavy atom. The first-order chi connectivity index (χ1) is 5.77. The average molecular weight is 187 g/mol. The maximum absolute atomic E-state index is 11.2. The van der Waals surface area contributed by atoms with Crippen LogP contribution < -0.4 is 5.43 Å². The zero-order valence-electron chi connectivity index (χ0n) is 6.61. The average Bonchev–Trinajstić information content (AvgIpc) is 2.58. The summed E-state index contributed by atoms with van der Waals surface area (Å²) in [4.78, 5) is 17.3. The Labute approximate surface area is 74.4 Å². The molecule has 1 N–H and O–H groups in total. The van der Waals surface area contributed by atoms with E-state index in [-0.39, 0.29) is 5.91 Å². The first-order valence-electron chi connectivity index (χ1n) is 3.64. The van der Waals surface area contributed by atoms with Gasteiger partial charge in [0, 0.05) is 23.1 Å². The van der Waals surface area contributed by atoms with Crippen LogP contribution in [0.3, 0.4) is 0 Å². The van der Waals surface area contributed by atoms with E-state index in [1.165, 1.54) is 17.1 Å². The van der Waals surface area contributed by atoms with Crippen molar-refractivity contribution in [1.82, 2.24) is 15.1 Å². The second-order valence-electron chi connectivity index (χ2n) is 2.50. The lowest BCUT2D eigenvalue weighted by Gasteiger charge is -2.22. The molecule has 12 heavy (non-hydrogen) atoms. The molecule has 2 aliphatic heterocycles. The van der Waals surface area contributed by atoms with Gasteiger partial charge in [0.1, 0.15) is 0 Å². The van der Waals surface area contributed by atoms with Crippen LogP contribution in [0.15, 0.2) is 11.1 Å². The van der Waals surface area contributed by atoms with Crippen LogP contribution in [-0.2, 0) is 9.63 Å². The van der Waals surface area contributed by atoms with E-state index < -0.39 is 0 Å². The summed E-state index contributed by atoms with van der Waals surface area (Å²) in [6.07, 6.45) is 2.28. The Balaban J connectivity index is 1.98. The van der Waals surface area contributed by atoms with Crippen molar-refractivity contribution < 1.29 is 9.63 Å². The number of carbonyl (C=O) groups is 1. The van der Waals surface area contributed by atoms with Crippen LogP contribution in [0, 0.1) is 0 Å². The molecule has 1 saturated heterocycles. The summed E-state index contributed by atoms with van der Waals surface area (Å²) in [5, 5.41) is 1.25. The molecule has 0 spiro atoms. The number of allylic oxidation sites excluding steroid dienone is 1. The van der Waals surface area contributed by atoms with Crippen LogP contribution in [0.5, 0.6) is 0 Å². The fourth-order valence-electron chi connectivity index (χ4n) is 0.966. The fraction of sp³-hybridized carbons (Fsp3) is 0.500. The molecule has 0 aliphatic carbocycles. The van der Waals surface area contributed by atoms with E-state index in [1.54, 1.807) is 4.52 Å². The minimum absolute atomic E-state index is 0.0156. The maximum atomic E-state index is 11.2. The molecule has 0 aromatic heterocycles. The topological polar surface area (TPSA) is 44.8 Å². The van der Waals surface area contributed by atoms with Crippen LogP contribution in [-0.4, -0.2) is 22.2 Å². The summed E-state index contributed by atoms with van der Waals surface area (Å²) in [5.74, 6) is -0.0156. The minimum atomic E-state index is -0.0156. The summed E-state index contributed by atoms with van der Waals surface area (Å²) in [5.41, 5.74) is 2.89. The van der Waals surface area contributed by atoms with E-state index in [1.807, 2.05) is 13.1 Å². The van der Waals surface area contributed by atoms with Gasteiger partial charge in [-0.15, -0.1) is 5.17 Å². The molecule has 0 saturated carbocycles. The lowest BCUT2D eigenvalue weighted by Crippen LogP contribution is -2.42. The summed E-state index contributed by atoms with van der Waals surface area (Å²) < 4.78 is 1.57. The van der Waals surface area contributed by atoms with Crippen molar-refractivity contribution >= 4 is 17.9 Å². The molecule has 0 aromatic rings. The molecule has 66 valence electrons. The lowest BCUT2D eigenvalue weighted by atomic mass is 10.5. The van der Waals surface area contributed by atoms with E-state index in [0.29, 0.717) is 13.0 Å². The monoisotopic (exact) mass is 187 g/mol. The van der Waals surface area contributed by atoms with E-state index in [9.17, 15) is 4.79 Å². The van der Waals surface area contributed by atoms with E-state index in [2.05, 4.69) is 5.43 Å². The van der Waals surface area contributed by atoms with Crippen molar-refractivity contribution in [3.8, 4) is 0 Å². The number of hydrogen-bond donors (Lipinski definition) is 1. The summed E-state index contributed by atoms with van der Waals surface area (Å²) in [6, 6.07) is 0. The Morgan fingerprint density at radius 1 is 1.75 bits per heavy atom. The van der Waals surface area contributed by atoms with Gasteiger partial charge in [-0.25, -0.2) is 0 Å². The second kappa shape index (κ2) is 2.96. The summed E-state index contributed by atoms with van der Waals surface area (Å²) in [7, 11) is 0. The first kappa shape index (κ1) is 7.90. The molecule has 5 nitrogen and oxygen atoms in total. The maximum Gasteiger partial charge on any atom is 0.266 e. The van der Waals surface area contributed by atoms with Gasteiger partial charge >= 0.3 is 0 Å². The molecule has 2 rings (SSSR count). The molecule has 0 atom stereocenters. The number of nitrogens with zero attached hydrogens (tertiary/aromatic N) is 2. The normalized spacial score (nSPS) is 24.6. The molecule has 0 radical (unpaired) electrons. The van der Waals surface area contributed by atoms with Gasteiger partial charge in [0.15, 0.2) is 0 Å². The van der Waals surface area contributed by atoms with E-state index in [4.69, 9.17) is 4.84 Å². The van der Waals surface area contributed by atoms with E-state index >= 15 is 0 Å². The van der Waals surface area contributed by atoms with Crippen molar-refractivity contribution in [3.05, 3.63) is 11.1 Å². The van der Waals surface area contributed by atoms with Crippen molar-refractivity contribution in [2.75, 3.05) is 6.61 Å². The third-order valence-electron chi connectivity index (χ3n) is 1.52. The Bertz CT molecular complexity index is 243. The highest BCUT2D eigenvalue weighted by atomic mass is 32.2. The third-order valence-corrected chi connectivity index (χ3v) is 2.35. The largest absolute Gasteiger partial charge is 0.295 e. The Kier molecular flexibility index (Phi) is 1.95. The van der Waals surface area contributed by atoms with Gasteiger partial charge in [-0.2, -0.15) is 0 Å². The first-order valence-corrected chi connectivity index (χ1v) is 4.41. The fourth-order valence-corrected chi connectivity index (χ4v) is 1.66. The van der Waals surface area contributed by atoms with Crippen molar-refractivity contribution in [3.63, 3.8) is 0 Å². The molecule has 0 bridgehead atoms. The molecule has 1 amide bonds. The molecular formula is C6H9N3O2S. The van der Waals surface area contributed by atoms with Gasteiger partial charge in [0.2, 0.25) is 0 Å². The summed E-state index contributed by atoms with van der Waals surface area (Å²) in [6.45, 7) is 2.43. The number of rotatable bonds is 1. The van der Waals surface area contributed by atoms with Crippen LogP contribution in [0.1, 0.15) is 13.3 Å².